The summed E-state index contributed by atoms with van der Waals surface area (Å²) in [7, 11) is 0. The van der Waals surface area contributed by atoms with E-state index >= 15 is 0 Å². The lowest BCUT2D eigenvalue weighted by Crippen LogP contribution is -2.23. The molecule has 6 nitrogen and oxygen atoms in total. The van der Waals surface area contributed by atoms with Crippen LogP contribution in [0.4, 0.5) is 0 Å². The van der Waals surface area contributed by atoms with Gasteiger partial charge in [-0.25, -0.2) is 0 Å². The first-order chi connectivity index (χ1) is 21.9. The molecular weight excluding hydrogens is 580 g/mol. The number of carbonyl (C=O) groups is 1. The summed E-state index contributed by atoms with van der Waals surface area (Å²) in [6.07, 6.45) is 0.709. The molecule has 250 valence electrons. The summed E-state index contributed by atoms with van der Waals surface area (Å²) in [6.45, 7) is 23.5. The molecule has 0 aliphatic carbocycles. The number of hydrogen-bond donors (Lipinski definition) is 2. The highest BCUT2D eigenvalue weighted by atomic mass is 16.5. The second-order valence-corrected chi connectivity index (χ2v) is 15.4. The second kappa shape index (κ2) is 14.1. The molecule has 4 aromatic rings. The molecule has 47 heavy (non-hydrogen) atoms. The van der Waals surface area contributed by atoms with E-state index in [2.05, 4.69) is 104 Å². The lowest BCUT2D eigenvalue weighted by Gasteiger charge is -2.31. The summed E-state index contributed by atoms with van der Waals surface area (Å²) in [5, 5.41) is 0. The minimum atomic E-state index is -0.803. The number of rotatable bonds is 9. The lowest BCUT2D eigenvalue weighted by molar-refractivity contribution is -0.144. The first-order valence-corrected chi connectivity index (χ1v) is 16.7. The predicted molar refractivity (Wildman–Crippen MR) is 194 cm³/mol. The summed E-state index contributed by atoms with van der Waals surface area (Å²) >= 11 is 0. The Morgan fingerprint density at radius 2 is 1.00 bits per heavy atom. The monoisotopic (exact) mass is 634 g/mol. The number of aryl methyl sites for hydroxylation is 4. The van der Waals surface area contributed by atoms with Crippen molar-refractivity contribution >= 4 is 5.97 Å². The standard InChI is InChI=1S/C41H54N4O2/c1-24-12-16-29(17-13-24)37-31(22-42)33(20-40(6,7)8)44-26(3)35(37)39(47-28(5)46)36-27(4)45-34(21-41(9,10)11)32(23-43)38(36)30-18-14-25(2)15-19-30/h12-19,39H,20-23,42-43H2,1-11H3. The van der Waals surface area contributed by atoms with Crippen LogP contribution in [-0.4, -0.2) is 15.9 Å². The number of nitrogens with zero attached hydrogens (tertiary/aromatic N) is 2. The van der Waals surface area contributed by atoms with Gasteiger partial charge in [-0.2, -0.15) is 0 Å². The molecule has 6 heteroatoms. The topological polar surface area (TPSA) is 104 Å². The third-order valence-electron chi connectivity index (χ3n) is 8.52. The second-order valence-electron chi connectivity index (χ2n) is 15.4. The van der Waals surface area contributed by atoms with E-state index < -0.39 is 6.10 Å². The van der Waals surface area contributed by atoms with Gasteiger partial charge in [0.25, 0.3) is 0 Å². The van der Waals surface area contributed by atoms with Crippen LogP contribution >= 0.6 is 0 Å². The van der Waals surface area contributed by atoms with Gasteiger partial charge in [-0.3, -0.25) is 14.8 Å². The molecule has 0 spiro atoms. The first-order valence-electron chi connectivity index (χ1n) is 16.7. The zero-order valence-corrected chi connectivity index (χ0v) is 30.4. The highest BCUT2D eigenvalue weighted by molar-refractivity contribution is 5.79. The van der Waals surface area contributed by atoms with Crippen molar-refractivity contribution in [3.63, 3.8) is 0 Å². The summed E-state index contributed by atoms with van der Waals surface area (Å²) in [5.41, 5.74) is 26.6. The molecule has 2 heterocycles. The minimum Gasteiger partial charge on any atom is -0.453 e. The van der Waals surface area contributed by atoms with Crippen molar-refractivity contribution in [1.29, 1.82) is 0 Å². The Morgan fingerprint density at radius 3 is 1.28 bits per heavy atom. The molecule has 0 radical (unpaired) electrons. The van der Waals surface area contributed by atoms with Gasteiger partial charge in [-0.05, 0) is 84.7 Å². The highest BCUT2D eigenvalue weighted by Crippen LogP contribution is 2.45. The molecule has 2 aromatic carbocycles. The van der Waals surface area contributed by atoms with Gasteiger partial charge in [-0.1, -0.05) is 101 Å². The van der Waals surface area contributed by atoms with Crippen LogP contribution in [0.2, 0.25) is 0 Å². The molecule has 0 aliphatic rings. The van der Waals surface area contributed by atoms with E-state index in [1.54, 1.807) is 0 Å². The van der Waals surface area contributed by atoms with E-state index in [1.165, 1.54) is 6.92 Å². The fourth-order valence-electron chi connectivity index (χ4n) is 6.54. The van der Waals surface area contributed by atoms with Crippen molar-refractivity contribution < 1.29 is 9.53 Å². The van der Waals surface area contributed by atoms with Gasteiger partial charge in [0, 0.05) is 53.9 Å². The van der Waals surface area contributed by atoms with Gasteiger partial charge in [0.1, 0.15) is 0 Å². The summed E-state index contributed by atoms with van der Waals surface area (Å²) in [4.78, 5) is 23.6. The van der Waals surface area contributed by atoms with E-state index in [0.29, 0.717) is 13.1 Å². The number of esters is 1. The van der Waals surface area contributed by atoms with Gasteiger partial charge in [0.2, 0.25) is 0 Å². The molecule has 0 aliphatic heterocycles. The van der Waals surface area contributed by atoms with Crippen LogP contribution in [0.1, 0.15) is 111 Å². The quantitative estimate of drug-likeness (QED) is 0.178. The number of hydrogen-bond acceptors (Lipinski definition) is 6. The van der Waals surface area contributed by atoms with E-state index in [-0.39, 0.29) is 16.8 Å². The molecule has 4 rings (SSSR count). The average molecular weight is 635 g/mol. The fourth-order valence-corrected chi connectivity index (χ4v) is 6.54. The maximum Gasteiger partial charge on any atom is 0.303 e. The van der Waals surface area contributed by atoms with Crippen molar-refractivity contribution in [3.05, 3.63) is 105 Å². The first kappa shape index (κ1) is 36.0. The molecule has 0 fully saturated rings. The number of benzene rings is 2. The molecule has 0 amide bonds. The third kappa shape index (κ3) is 8.35. The molecule has 2 aromatic heterocycles. The van der Waals surface area contributed by atoms with E-state index in [4.69, 9.17) is 26.2 Å². The smallest absolute Gasteiger partial charge is 0.303 e. The zero-order chi connectivity index (χ0) is 34.8. The number of pyridine rings is 2. The lowest BCUT2D eigenvalue weighted by atomic mass is 9.80. The van der Waals surface area contributed by atoms with Crippen LogP contribution in [0.3, 0.4) is 0 Å². The van der Waals surface area contributed by atoms with Gasteiger partial charge in [-0.15, -0.1) is 0 Å². The van der Waals surface area contributed by atoms with Crippen LogP contribution in [0.5, 0.6) is 0 Å². The van der Waals surface area contributed by atoms with Crippen LogP contribution in [0.25, 0.3) is 22.3 Å². The Hall–Kier alpha value is -3.87. The van der Waals surface area contributed by atoms with Crippen molar-refractivity contribution in [2.75, 3.05) is 0 Å². The predicted octanol–water partition coefficient (Wildman–Crippen LogP) is 8.79. The Balaban J connectivity index is 2.21. The van der Waals surface area contributed by atoms with Gasteiger partial charge in [0.15, 0.2) is 6.10 Å². The van der Waals surface area contributed by atoms with Crippen LogP contribution in [0, 0.1) is 38.5 Å². The Labute approximate surface area is 282 Å². The highest BCUT2D eigenvalue weighted by Gasteiger charge is 2.34. The Kier molecular flexibility index (Phi) is 10.8. The normalized spacial score (nSPS) is 12.1. The molecule has 4 N–H and O–H groups in total. The SMILES string of the molecule is CC(=O)OC(c1c(C)nc(CC(C)(C)C)c(CN)c1-c1ccc(C)cc1)c1c(C)nc(CC(C)(C)C)c(CN)c1-c1ccc(C)cc1. The largest absolute Gasteiger partial charge is 0.453 e. The van der Waals surface area contributed by atoms with Crippen molar-refractivity contribution in [1.82, 2.24) is 9.97 Å². The van der Waals surface area contributed by atoms with E-state index in [0.717, 1.165) is 91.3 Å². The molecule has 0 saturated carbocycles. The molecule has 0 unspecified atom stereocenters. The van der Waals surface area contributed by atoms with Crippen molar-refractivity contribution in [2.24, 2.45) is 22.3 Å². The minimum absolute atomic E-state index is 0.0112. The number of ether oxygens (including phenoxy) is 1. The van der Waals surface area contributed by atoms with Crippen LogP contribution < -0.4 is 11.5 Å². The maximum atomic E-state index is 13.1. The molecule has 0 bridgehead atoms. The third-order valence-corrected chi connectivity index (χ3v) is 8.52. The van der Waals surface area contributed by atoms with Gasteiger partial charge < -0.3 is 16.2 Å². The number of carbonyl (C=O) groups excluding carboxylic acids is 1. The van der Waals surface area contributed by atoms with Gasteiger partial charge in [0.05, 0.1) is 0 Å². The number of aromatic nitrogens is 2. The van der Waals surface area contributed by atoms with Gasteiger partial charge >= 0.3 is 5.97 Å². The Bertz CT molecular complexity index is 1620. The summed E-state index contributed by atoms with van der Waals surface area (Å²) in [6, 6.07) is 16.9. The molecule has 0 saturated heterocycles. The number of nitrogens with two attached hydrogens (primary N) is 2. The molecular formula is C41H54N4O2. The fraction of sp³-hybridized carbons (Fsp3) is 0.439. The van der Waals surface area contributed by atoms with Crippen molar-refractivity contribution in [2.45, 2.75) is 108 Å². The van der Waals surface area contributed by atoms with Crippen molar-refractivity contribution in [3.8, 4) is 22.3 Å². The van der Waals surface area contributed by atoms with E-state index in [9.17, 15) is 4.79 Å². The molecule has 0 atom stereocenters. The van der Waals surface area contributed by atoms with Crippen LogP contribution in [-0.2, 0) is 35.5 Å². The maximum absolute atomic E-state index is 13.1. The zero-order valence-electron chi connectivity index (χ0n) is 30.4. The van der Waals surface area contributed by atoms with E-state index in [1.807, 2.05) is 13.8 Å². The summed E-state index contributed by atoms with van der Waals surface area (Å²) < 4.78 is 6.44. The average Bonchev–Trinajstić information content (AvgIpc) is 2.95. The van der Waals surface area contributed by atoms with Crippen LogP contribution in [0.15, 0.2) is 48.5 Å². The summed E-state index contributed by atoms with van der Waals surface area (Å²) in [5.74, 6) is -0.389. The Morgan fingerprint density at radius 1 is 0.660 bits per heavy atom.